The van der Waals surface area contributed by atoms with E-state index in [0.29, 0.717) is 24.2 Å². The third kappa shape index (κ3) is 3.51. The van der Waals surface area contributed by atoms with Crippen LogP contribution in [0.4, 0.5) is 5.69 Å². The summed E-state index contributed by atoms with van der Waals surface area (Å²) in [6.45, 7) is 4.88. The van der Waals surface area contributed by atoms with Crippen molar-refractivity contribution in [3.05, 3.63) is 50.7 Å². The maximum Gasteiger partial charge on any atom is 0.254 e. The van der Waals surface area contributed by atoms with E-state index in [1.807, 2.05) is 12.1 Å². The molecule has 0 saturated heterocycles. The first-order valence-electron chi connectivity index (χ1n) is 8.18. The first-order chi connectivity index (χ1) is 11.4. The number of amides is 2. The fourth-order valence-corrected chi connectivity index (χ4v) is 4.09. The number of carbonyl (C=O) groups excluding carboxylic acids is 2. The van der Waals surface area contributed by atoms with Crippen LogP contribution in [0.5, 0.6) is 0 Å². The van der Waals surface area contributed by atoms with Crippen molar-refractivity contribution in [2.75, 3.05) is 12.4 Å². The van der Waals surface area contributed by atoms with E-state index in [0.717, 1.165) is 18.4 Å². The molecule has 0 bridgehead atoms. The highest BCUT2D eigenvalue weighted by atomic mass is 32.1. The molecule has 2 amide bonds. The quantitative estimate of drug-likeness (QED) is 0.895. The molecule has 5 heteroatoms. The Balaban J connectivity index is 1.54. The average Bonchev–Trinajstić information content (AvgIpc) is 2.99. The van der Waals surface area contributed by atoms with Gasteiger partial charge in [0.25, 0.3) is 5.91 Å². The fraction of sp³-hybridized carbons (Fsp3) is 0.368. The molecule has 1 N–H and O–H groups in total. The summed E-state index contributed by atoms with van der Waals surface area (Å²) < 4.78 is 0. The zero-order chi connectivity index (χ0) is 17.3. The van der Waals surface area contributed by atoms with Gasteiger partial charge in [0.2, 0.25) is 5.91 Å². The Hall–Kier alpha value is -2.14. The average molecular weight is 342 g/mol. The molecule has 3 rings (SSSR count). The molecule has 2 heterocycles. The standard InChI is InChI=1S/C19H22N2O2S/c1-12-9-14(13(2)24-12)5-4-6-18(22)20-16-8-7-15-11-21(3)19(23)17(15)10-16/h7-10H,4-6,11H2,1-3H3,(H,20,22). The van der Waals surface area contributed by atoms with Crippen molar-refractivity contribution in [2.24, 2.45) is 0 Å². The third-order valence-corrected chi connectivity index (χ3v) is 5.38. The van der Waals surface area contributed by atoms with E-state index in [4.69, 9.17) is 0 Å². The first-order valence-corrected chi connectivity index (χ1v) is 9.00. The van der Waals surface area contributed by atoms with Crippen molar-refractivity contribution in [3.63, 3.8) is 0 Å². The Morgan fingerprint density at radius 1 is 1.29 bits per heavy atom. The van der Waals surface area contributed by atoms with Crippen LogP contribution in [0.2, 0.25) is 0 Å². The van der Waals surface area contributed by atoms with Crippen molar-refractivity contribution >= 4 is 28.8 Å². The van der Waals surface area contributed by atoms with Gasteiger partial charge in [0.1, 0.15) is 0 Å². The minimum Gasteiger partial charge on any atom is -0.337 e. The third-order valence-electron chi connectivity index (χ3n) is 4.37. The summed E-state index contributed by atoms with van der Waals surface area (Å²) in [5.74, 6) is 0.0164. The number of anilines is 1. The Morgan fingerprint density at radius 3 is 2.79 bits per heavy atom. The molecule has 0 radical (unpaired) electrons. The number of hydrogen-bond donors (Lipinski definition) is 1. The number of carbonyl (C=O) groups is 2. The summed E-state index contributed by atoms with van der Waals surface area (Å²) in [4.78, 5) is 28.5. The number of nitrogens with zero attached hydrogens (tertiary/aromatic N) is 1. The molecule has 126 valence electrons. The summed E-state index contributed by atoms with van der Waals surface area (Å²) in [5, 5.41) is 2.91. The number of benzene rings is 1. The van der Waals surface area contributed by atoms with Crippen LogP contribution in [0.25, 0.3) is 0 Å². The van der Waals surface area contributed by atoms with Gasteiger partial charge >= 0.3 is 0 Å². The van der Waals surface area contributed by atoms with Crippen LogP contribution in [-0.4, -0.2) is 23.8 Å². The summed E-state index contributed by atoms with van der Waals surface area (Å²) in [7, 11) is 1.79. The topological polar surface area (TPSA) is 49.4 Å². The molecule has 1 aliphatic heterocycles. The van der Waals surface area contributed by atoms with Crippen molar-refractivity contribution < 1.29 is 9.59 Å². The molecule has 0 fully saturated rings. The molecule has 0 saturated carbocycles. The van der Waals surface area contributed by atoms with E-state index >= 15 is 0 Å². The zero-order valence-corrected chi connectivity index (χ0v) is 15.1. The number of aryl methyl sites for hydroxylation is 3. The number of hydrogen-bond acceptors (Lipinski definition) is 3. The molecule has 2 aromatic rings. The van der Waals surface area contributed by atoms with E-state index in [1.165, 1.54) is 15.3 Å². The van der Waals surface area contributed by atoms with Gasteiger partial charge in [-0.1, -0.05) is 6.07 Å². The van der Waals surface area contributed by atoms with Gasteiger partial charge in [-0.2, -0.15) is 0 Å². The monoisotopic (exact) mass is 342 g/mol. The maximum atomic E-state index is 12.1. The Bertz CT molecular complexity index is 795. The summed E-state index contributed by atoms with van der Waals surface area (Å²) >= 11 is 1.81. The lowest BCUT2D eigenvalue weighted by atomic mass is 10.1. The molecular weight excluding hydrogens is 320 g/mol. The van der Waals surface area contributed by atoms with Crippen LogP contribution < -0.4 is 5.32 Å². The second-order valence-corrected chi connectivity index (χ2v) is 7.83. The minimum atomic E-state index is -0.00152. The Labute approximate surface area is 146 Å². The first kappa shape index (κ1) is 16.7. The van der Waals surface area contributed by atoms with E-state index in [2.05, 4.69) is 25.2 Å². The van der Waals surface area contributed by atoms with Gasteiger partial charge in [-0.3, -0.25) is 9.59 Å². The highest BCUT2D eigenvalue weighted by Gasteiger charge is 2.24. The highest BCUT2D eigenvalue weighted by molar-refractivity contribution is 7.12. The summed E-state index contributed by atoms with van der Waals surface area (Å²) in [6.07, 6.45) is 2.24. The second kappa shape index (κ2) is 6.77. The Morgan fingerprint density at radius 2 is 2.08 bits per heavy atom. The van der Waals surface area contributed by atoms with Gasteiger partial charge in [-0.25, -0.2) is 0 Å². The lowest BCUT2D eigenvalue weighted by Gasteiger charge is -2.07. The van der Waals surface area contributed by atoms with Crippen LogP contribution in [0.3, 0.4) is 0 Å². The molecule has 1 aromatic carbocycles. The van der Waals surface area contributed by atoms with Crippen LogP contribution in [-0.2, 0) is 17.8 Å². The summed E-state index contributed by atoms with van der Waals surface area (Å²) in [6, 6.07) is 7.78. The molecule has 0 unspecified atom stereocenters. The SMILES string of the molecule is Cc1cc(CCCC(=O)Nc2ccc3c(c2)C(=O)N(C)C3)c(C)s1. The number of rotatable bonds is 5. The van der Waals surface area contributed by atoms with Gasteiger partial charge in [-0.15, -0.1) is 11.3 Å². The highest BCUT2D eigenvalue weighted by Crippen LogP contribution is 2.25. The van der Waals surface area contributed by atoms with Crippen LogP contribution in [0, 0.1) is 13.8 Å². The van der Waals surface area contributed by atoms with Gasteiger partial charge < -0.3 is 10.2 Å². The van der Waals surface area contributed by atoms with Gasteiger partial charge in [0, 0.05) is 41.0 Å². The van der Waals surface area contributed by atoms with Crippen molar-refractivity contribution in [1.29, 1.82) is 0 Å². The van der Waals surface area contributed by atoms with Crippen molar-refractivity contribution in [2.45, 2.75) is 39.7 Å². The molecule has 1 aromatic heterocycles. The molecule has 1 aliphatic rings. The molecular formula is C19H22N2O2S. The summed E-state index contributed by atoms with van der Waals surface area (Å²) in [5.41, 5.74) is 3.75. The van der Waals surface area contributed by atoms with E-state index in [1.54, 1.807) is 29.4 Å². The predicted molar refractivity (Wildman–Crippen MR) is 97.6 cm³/mol. The van der Waals surface area contributed by atoms with Crippen molar-refractivity contribution in [1.82, 2.24) is 4.90 Å². The smallest absolute Gasteiger partial charge is 0.254 e. The molecule has 0 aliphatic carbocycles. The zero-order valence-electron chi connectivity index (χ0n) is 14.3. The van der Waals surface area contributed by atoms with E-state index in [9.17, 15) is 9.59 Å². The van der Waals surface area contributed by atoms with Crippen LogP contribution in [0.1, 0.15) is 44.1 Å². The van der Waals surface area contributed by atoms with E-state index in [-0.39, 0.29) is 11.8 Å². The maximum absolute atomic E-state index is 12.1. The lowest BCUT2D eigenvalue weighted by molar-refractivity contribution is -0.116. The van der Waals surface area contributed by atoms with Crippen LogP contribution >= 0.6 is 11.3 Å². The Kier molecular flexibility index (Phi) is 4.71. The predicted octanol–water partition coefficient (Wildman–Crippen LogP) is 3.91. The van der Waals surface area contributed by atoms with E-state index < -0.39 is 0 Å². The molecule has 0 spiro atoms. The van der Waals surface area contributed by atoms with Gasteiger partial charge in [0.15, 0.2) is 0 Å². The normalized spacial score (nSPS) is 13.3. The minimum absolute atomic E-state index is 0.00152. The number of fused-ring (bicyclic) bond motifs is 1. The lowest BCUT2D eigenvalue weighted by Crippen LogP contribution is -2.17. The molecule has 24 heavy (non-hydrogen) atoms. The molecule has 4 nitrogen and oxygen atoms in total. The van der Waals surface area contributed by atoms with Crippen molar-refractivity contribution in [3.8, 4) is 0 Å². The number of thiophene rings is 1. The largest absolute Gasteiger partial charge is 0.337 e. The molecule has 0 atom stereocenters. The van der Waals surface area contributed by atoms with Gasteiger partial charge in [0.05, 0.1) is 0 Å². The number of nitrogens with one attached hydrogen (secondary N) is 1. The van der Waals surface area contributed by atoms with Crippen LogP contribution in [0.15, 0.2) is 24.3 Å². The second-order valence-electron chi connectivity index (χ2n) is 6.37. The fourth-order valence-electron chi connectivity index (χ4n) is 3.12. The van der Waals surface area contributed by atoms with Gasteiger partial charge in [-0.05, 0) is 56.0 Å².